The summed E-state index contributed by atoms with van der Waals surface area (Å²) >= 11 is 0. The van der Waals surface area contributed by atoms with E-state index in [0.717, 1.165) is 28.2 Å². The van der Waals surface area contributed by atoms with Crippen molar-refractivity contribution in [1.29, 1.82) is 0 Å². The van der Waals surface area contributed by atoms with E-state index in [9.17, 15) is 0 Å². The molecular formula is C42H34N4O. The predicted octanol–water partition coefficient (Wildman–Crippen LogP) is 8.89. The molecule has 4 aliphatic rings. The van der Waals surface area contributed by atoms with Crippen LogP contribution in [0.4, 0.5) is 0 Å². The second-order valence-corrected chi connectivity index (χ2v) is 13.6. The Morgan fingerprint density at radius 1 is 0.745 bits per heavy atom. The summed E-state index contributed by atoms with van der Waals surface area (Å²) in [5.41, 5.74) is 11.1. The highest BCUT2D eigenvalue weighted by Crippen LogP contribution is 2.51. The molecule has 3 heterocycles. The van der Waals surface area contributed by atoms with Gasteiger partial charge in [-0.25, -0.2) is 4.99 Å². The number of hydrogen-bond donors (Lipinski definition) is 2. The molecular weight excluding hydrogens is 576 g/mol. The maximum Gasteiger partial charge on any atom is 0.184 e. The molecule has 2 aliphatic heterocycles. The largest absolute Gasteiger partial charge is 0.485 e. The normalized spacial score (nSPS) is 23.3. The van der Waals surface area contributed by atoms with Crippen LogP contribution in [0.25, 0.3) is 32.9 Å². The number of benzene rings is 5. The van der Waals surface area contributed by atoms with E-state index in [4.69, 9.17) is 9.73 Å². The van der Waals surface area contributed by atoms with Crippen LogP contribution in [0.3, 0.4) is 0 Å². The number of hydrogen-bond acceptors (Lipinski definition) is 4. The van der Waals surface area contributed by atoms with Crippen molar-refractivity contribution in [3.05, 3.63) is 161 Å². The smallest absolute Gasteiger partial charge is 0.184 e. The van der Waals surface area contributed by atoms with Crippen molar-refractivity contribution in [2.45, 2.75) is 43.7 Å². The molecule has 0 saturated carbocycles. The topological polar surface area (TPSA) is 50.6 Å². The summed E-state index contributed by atoms with van der Waals surface area (Å²) in [4.78, 5) is 5.46. The molecule has 228 valence electrons. The van der Waals surface area contributed by atoms with E-state index in [-0.39, 0.29) is 29.9 Å². The number of rotatable bonds is 3. The number of amidine groups is 1. The quantitative estimate of drug-likeness (QED) is 0.210. The molecule has 0 bridgehead atoms. The fourth-order valence-corrected chi connectivity index (χ4v) is 8.30. The molecule has 0 amide bonds. The SMILES string of the molecule is CC1(C)c2ccccc2-c2cc3c(cc21)c1ccccc1n3C1N=C(C2=CC3c4ccccc4OC3C=C2)NC(c2ccccc2)N1. The van der Waals surface area contributed by atoms with E-state index in [1.165, 1.54) is 44.1 Å². The third-order valence-electron chi connectivity index (χ3n) is 10.6. The lowest BCUT2D eigenvalue weighted by Crippen LogP contribution is -2.47. The summed E-state index contributed by atoms with van der Waals surface area (Å²) in [5.74, 6) is 1.99. The average Bonchev–Trinajstić information content (AvgIpc) is 3.73. The molecule has 5 aromatic carbocycles. The zero-order valence-corrected chi connectivity index (χ0v) is 26.3. The van der Waals surface area contributed by atoms with Crippen LogP contribution in [0.2, 0.25) is 0 Å². The molecule has 10 rings (SSSR count). The van der Waals surface area contributed by atoms with Gasteiger partial charge in [0.05, 0.1) is 11.0 Å². The minimum atomic E-state index is -0.347. The van der Waals surface area contributed by atoms with Gasteiger partial charge in [-0.1, -0.05) is 117 Å². The molecule has 4 atom stereocenters. The third-order valence-corrected chi connectivity index (χ3v) is 10.6. The van der Waals surface area contributed by atoms with E-state index < -0.39 is 0 Å². The molecule has 0 fully saturated rings. The van der Waals surface area contributed by atoms with Crippen molar-refractivity contribution in [1.82, 2.24) is 15.2 Å². The molecule has 0 spiro atoms. The van der Waals surface area contributed by atoms with Crippen molar-refractivity contribution >= 4 is 27.6 Å². The molecule has 6 aromatic rings. The molecule has 47 heavy (non-hydrogen) atoms. The second-order valence-electron chi connectivity index (χ2n) is 13.6. The zero-order chi connectivity index (χ0) is 31.3. The molecule has 5 heteroatoms. The first kappa shape index (κ1) is 26.8. The molecule has 5 nitrogen and oxygen atoms in total. The van der Waals surface area contributed by atoms with Gasteiger partial charge in [0.2, 0.25) is 0 Å². The maximum absolute atomic E-state index is 6.28. The van der Waals surface area contributed by atoms with Gasteiger partial charge in [-0.3, -0.25) is 5.32 Å². The first-order valence-corrected chi connectivity index (χ1v) is 16.5. The van der Waals surface area contributed by atoms with Crippen molar-refractivity contribution < 1.29 is 4.74 Å². The first-order valence-electron chi connectivity index (χ1n) is 16.5. The number of ether oxygens (including phenoxy) is 1. The van der Waals surface area contributed by atoms with Crippen molar-refractivity contribution in [3.63, 3.8) is 0 Å². The molecule has 2 aliphatic carbocycles. The van der Waals surface area contributed by atoms with Crippen molar-refractivity contribution in [2.24, 2.45) is 4.99 Å². The average molecular weight is 611 g/mol. The molecule has 2 N–H and O–H groups in total. The van der Waals surface area contributed by atoms with Gasteiger partial charge < -0.3 is 14.6 Å². The van der Waals surface area contributed by atoms with Crippen LogP contribution < -0.4 is 15.4 Å². The van der Waals surface area contributed by atoms with Crippen LogP contribution in [0.5, 0.6) is 5.75 Å². The van der Waals surface area contributed by atoms with E-state index in [2.05, 4.69) is 156 Å². The number of nitrogens with zero attached hydrogens (tertiary/aromatic N) is 2. The summed E-state index contributed by atoms with van der Waals surface area (Å²) in [6.07, 6.45) is 6.19. The van der Waals surface area contributed by atoms with Gasteiger partial charge in [-0.05, 0) is 58.2 Å². The van der Waals surface area contributed by atoms with E-state index in [1.54, 1.807) is 0 Å². The standard InChI is InChI=1S/C42H34N4O/c1-42(2)33-17-9-6-14-27(33)30-24-36-31(23-34(30)42)28-15-7-10-18-35(28)46(36)41-44-39(25-12-4-3-5-13-25)43-40(45-41)26-20-21-38-32(22-26)29-16-8-11-19-37(29)47-38/h3-24,32,38-39,41,44H,1-2H3,(H,43,45). The molecule has 4 unspecified atom stereocenters. The number of nitrogens with one attached hydrogen (secondary N) is 2. The van der Waals surface area contributed by atoms with E-state index >= 15 is 0 Å². The Morgan fingerprint density at radius 3 is 2.45 bits per heavy atom. The van der Waals surface area contributed by atoms with Gasteiger partial charge in [-0.2, -0.15) is 0 Å². The van der Waals surface area contributed by atoms with Gasteiger partial charge in [0, 0.05) is 33.2 Å². The first-order chi connectivity index (χ1) is 23.0. The van der Waals surface area contributed by atoms with Gasteiger partial charge in [0.15, 0.2) is 6.29 Å². The lowest BCUT2D eigenvalue weighted by atomic mass is 9.82. The Labute approximate surface area is 273 Å². The van der Waals surface area contributed by atoms with Crippen LogP contribution in [-0.4, -0.2) is 16.5 Å². The highest BCUT2D eigenvalue weighted by Gasteiger charge is 2.38. The fraction of sp³-hybridized carbons (Fsp3) is 0.167. The highest BCUT2D eigenvalue weighted by molar-refractivity contribution is 6.10. The van der Waals surface area contributed by atoms with Crippen LogP contribution in [0.1, 0.15) is 54.5 Å². The van der Waals surface area contributed by atoms with Crippen molar-refractivity contribution in [3.8, 4) is 16.9 Å². The van der Waals surface area contributed by atoms with Crippen LogP contribution in [-0.2, 0) is 5.41 Å². The second kappa shape index (κ2) is 9.81. The number of aliphatic imine (C=N–C) groups is 1. The molecule has 0 radical (unpaired) electrons. The molecule has 1 aromatic heterocycles. The van der Waals surface area contributed by atoms with Gasteiger partial charge >= 0.3 is 0 Å². The number of para-hydroxylation sites is 2. The fourth-order valence-electron chi connectivity index (χ4n) is 8.30. The summed E-state index contributed by atoms with van der Waals surface area (Å²) < 4.78 is 8.68. The number of aromatic nitrogens is 1. The lowest BCUT2D eigenvalue weighted by molar-refractivity contribution is 0.268. The van der Waals surface area contributed by atoms with Crippen LogP contribution in [0, 0.1) is 0 Å². The lowest BCUT2D eigenvalue weighted by Gasteiger charge is -2.34. The monoisotopic (exact) mass is 610 g/mol. The Hall–Kier alpha value is -5.39. The summed E-state index contributed by atoms with van der Waals surface area (Å²) in [7, 11) is 0. The maximum atomic E-state index is 6.28. The summed E-state index contributed by atoms with van der Waals surface area (Å²) in [6.45, 7) is 4.70. The Morgan fingerprint density at radius 2 is 1.53 bits per heavy atom. The predicted molar refractivity (Wildman–Crippen MR) is 190 cm³/mol. The Balaban J connectivity index is 1.17. The Kier molecular flexibility index (Phi) is 5.59. The minimum Gasteiger partial charge on any atom is -0.485 e. The van der Waals surface area contributed by atoms with Gasteiger partial charge in [-0.15, -0.1) is 0 Å². The third kappa shape index (κ3) is 3.90. The summed E-state index contributed by atoms with van der Waals surface area (Å²) in [6, 6.07) is 41.5. The van der Waals surface area contributed by atoms with Gasteiger partial charge in [0.25, 0.3) is 0 Å². The van der Waals surface area contributed by atoms with Crippen LogP contribution >= 0.6 is 0 Å². The number of fused-ring (bicyclic) bond motifs is 9. The van der Waals surface area contributed by atoms with Crippen molar-refractivity contribution in [2.75, 3.05) is 0 Å². The van der Waals surface area contributed by atoms with E-state index in [0.29, 0.717) is 0 Å². The Bertz CT molecular complexity index is 2340. The summed E-state index contributed by atoms with van der Waals surface area (Å²) in [5, 5.41) is 10.1. The minimum absolute atomic E-state index is 0.00532. The molecule has 0 saturated heterocycles. The van der Waals surface area contributed by atoms with Gasteiger partial charge in [0.1, 0.15) is 23.9 Å². The van der Waals surface area contributed by atoms with Crippen LogP contribution in [0.15, 0.2) is 144 Å². The zero-order valence-electron chi connectivity index (χ0n) is 26.3. The highest BCUT2D eigenvalue weighted by atomic mass is 16.5. The van der Waals surface area contributed by atoms with E-state index in [1.807, 2.05) is 6.07 Å².